The quantitative estimate of drug-likeness (QED) is 0.593. The van der Waals surface area contributed by atoms with Crippen LogP contribution in [0.5, 0.6) is 5.75 Å². The van der Waals surface area contributed by atoms with Crippen molar-refractivity contribution >= 4 is 5.78 Å². The topological polar surface area (TPSA) is 35.5 Å². The number of ketones is 1. The van der Waals surface area contributed by atoms with Crippen LogP contribution in [0.2, 0.25) is 0 Å². The van der Waals surface area contributed by atoms with Crippen LogP contribution in [0.3, 0.4) is 0 Å². The van der Waals surface area contributed by atoms with E-state index in [-0.39, 0.29) is 37.4 Å². The number of hydrogen-bond acceptors (Lipinski definition) is 3. The Kier molecular flexibility index (Phi) is 5.28. The minimum absolute atomic E-state index is 0.0986. The largest absolute Gasteiger partial charge is 0.490 e. The maximum absolute atomic E-state index is 13.2. The van der Waals surface area contributed by atoms with Gasteiger partial charge in [-0.25, -0.2) is 8.78 Å². The van der Waals surface area contributed by atoms with Crippen LogP contribution >= 0.6 is 0 Å². The van der Waals surface area contributed by atoms with Gasteiger partial charge in [-0.15, -0.1) is 0 Å². The summed E-state index contributed by atoms with van der Waals surface area (Å²) in [4.78, 5) is 12.5. The van der Waals surface area contributed by atoms with Gasteiger partial charge in [0, 0.05) is 25.9 Å². The Hall–Kier alpha value is -1.49. The average Bonchev–Trinajstić information content (AvgIpc) is 2.47. The second-order valence-corrected chi connectivity index (χ2v) is 5.33. The Morgan fingerprint density at radius 3 is 2.57 bits per heavy atom. The van der Waals surface area contributed by atoms with Gasteiger partial charge in [-0.3, -0.25) is 4.79 Å². The average molecular weight is 298 g/mol. The van der Waals surface area contributed by atoms with E-state index in [9.17, 15) is 13.6 Å². The van der Waals surface area contributed by atoms with E-state index in [4.69, 9.17) is 9.47 Å². The van der Waals surface area contributed by atoms with E-state index in [1.54, 1.807) is 31.4 Å². The molecule has 0 unspecified atom stereocenters. The third-order valence-corrected chi connectivity index (χ3v) is 3.79. The van der Waals surface area contributed by atoms with E-state index >= 15 is 0 Å². The fourth-order valence-electron chi connectivity index (χ4n) is 2.55. The molecule has 0 aliphatic heterocycles. The van der Waals surface area contributed by atoms with Crippen molar-refractivity contribution in [3.05, 3.63) is 29.8 Å². The zero-order valence-electron chi connectivity index (χ0n) is 12.1. The lowest BCUT2D eigenvalue weighted by Crippen LogP contribution is -2.29. The number of halogens is 2. The van der Waals surface area contributed by atoms with Crippen LogP contribution in [0.15, 0.2) is 24.3 Å². The zero-order valence-corrected chi connectivity index (χ0v) is 12.1. The van der Waals surface area contributed by atoms with Crippen molar-refractivity contribution in [1.82, 2.24) is 0 Å². The fourth-order valence-corrected chi connectivity index (χ4v) is 2.55. The summed E-state index contributed by atoms with van der Waals surface area (Å²) in [6, 6.07) is 6.96. The minimum Gasteiger partial charge on any atom is -0.490 e. The normalized spacial score (nSPS) is 18.4. The lowest BCUT2D eigenvalue weighted by molar-refractivity contribution is -0.0424. The van der Waals surface area contributed by atoms with E-state index in [0.717, 1.165) is 0 Å². The van der Waals surface area contributed by atoms with Crippen molar-refractivity contribution in [3.63, 3.8) is 0 Å². The molecule has 1 aliphatic rings. The molecule has 1 fully saturated rings. The molecule has 0 bridgehead atoms. The van der Waals surface area contributed by atoms with Crippen LogP contribution in [-0.4, -0.2) is 32.0 Å². The SMILES string of the molecule is COCCOc1ccccc1C(=O)C1CCC(F)(F)CC1. The first-order chi connectivity index (χ1) is 10.0. The summed E-state index contributed by atoms with van der Waals surface area (Å²) in [5.41, 5.74) is 0.476. The Morgan fingerprint density at radius 1 is 1.24 bits per heavy atom. The van der Waals surface area contributed by atoms with Crippen LogP contribution in [0, 0.1) is 5.92 Å². The molecule has 21 heavy (non-hydrogen) atoms. The van der Waals surface area contributed by atoms with Gasteiger partial charge in [0.2, 0.25) is 5.92 Å². The van der Waals surface area contributed by atoms with E-state index in [0.29, 0.717) is 24.5 Å². The molecule has 0 spiro atoms. The Balaban J connectivity index is 2.05. The summed E-state index contributed by atoms with van der Waals surface area (Å²) in [6.45, 7) is 0.779. The highest BCUT2D eigenvalue weighted by Crippen LogP contribution is 2.38. The monoisotopic (exact) mass is 298 g/mol. The molecule has 0 amide bonds. The number of benzene rings is 1. The maximum atomic E-state index is 13.2. The van der Waals surface area contributed by atoms with Gasteiger partial charge in [0.05, 0.1) is 12.2 Å². The molecule has 0 saturated heterocycles. The molecule has 5 heteroatoms. The Labute approximate surface area is 123 Å². The molecular weight excluding hydrogens is 278 g/mol. The van der Waals surface area contributed by atoms with Crippen LogP contribution in [-0.2, 0) is 4.74 Å². The number of alkyl halides is 2. The highest BCUT2D eigenvalue weighted by molar-refractivity contribution is 6.00. The van der Waals surface area contributed by atoms with Crippen molar-refractivity contribution < 1.29 is 23.0 Å². The van der Waals surface area contributed by atoms with E-state index in [2.05, 4.69) is 0 Å². The molecule has 1 saturated carbocycles. The van der Waals surface area contributed by atoms with Crippen molar-refractivity contribution in [2.75, 3.05) is 20.3 Å². The fraction of sp³-hybridized carbons (Fsp3) is 0.562. The Morgan fingerprint density at radius 2 is 1.90 bits per heavy atom. The molecule has 116 valence electrons. The van der Waals surface area contributed by atoms with E-state index < -0.39 is 5.92 Å². The molecule has 1 aromatic carbocycles. The molecule has 0 aromatic heterocycles. The number of hydrogen-bond donors (Lipinski definition) is 0. The number of carbonyl (C=O) groups is 1. The van der Waals surface area contributed by atoms with Gasteiger partial charge in [-0.1, -0.05) is 12.1 Å². The van der Waals surface area contributed by atoms with Gasteiger partial charge in [0.1, 0.15) is 12.4 Å². The third-order valence-electron chi connectivity index (χ3n) is 3.79. The highest BCUT2D eigenvalue weighted by atomic mass is 19.3. The summed E-state index contributed by atoms with van der Waals surface area (Å²) in [5, 5.41) is 0. The lowest BCUT2D eigenvalue weighted by atomic mass is 9.82. The number of carbonyl (C=O) groups excluding carboxylic acids is 1. The van der Waals surface area contributed by atoms with Crippen molar-refractivity contribution in [1.29, 1.82) is 0 Å². The molecular formula is C16H20F2O3. The smallest absolute Gasteiger partial charge is 0.248 e. The molecule has 1 aromatic rings. The number of para-hydroxylation sites is 1. The molecule has 3 nitrogen and oxygen atoms in total. The molecule has 0 N–H and O–H groups in total. The second kappa shape index (κ2) is 6.98. The van der Waals surface area contributed by atoms with Crippen molar-refractivity contribution in [2.24, 2.45) is 5.92 Å². The molecule has 2 rings (SSSR count). The zero-order chi connectivity index (χ0) is 15.3. The van der Waals surface area contributed by atoms with Crippen LogP contribution in [0.4, 0.5) is 8.78 Å². The van der Waals surface area contributed by atoms with Gasteiger partial charge in [0.25, 0.3) is 0 Å². The summed E-state index contributed by atoms with van der Waals surface area (Å²) < 4.78 is 36.8. The maximum Gasteiger partial charge on any atom is 0.248 e. The number of methoxy groups -OCH3 is 1. The predicted octanol–water partition coefficient (Wildman–Crippen LogP) is 3.72. The van der Waals surface area contributed by atoms with Gasteiger partial charge < -0.3 is 9.47 Å². The number of rotatable bonds is 6. The number of Topliss-reactive ketones (excluding diaryl/α,β-unsaturated/α-hetero) is 1. The highest BCUT2D eigenvalue weighted by Gasteiger charge is 2.38. The molecule has 1 aliphatic carbocycles. The summed E-state index contributed by atoms with van der Waals surface area (Å²) in [6.07, 6.45) is 0.0443. The van der Waals surface area contributed by atoms with Gasteiger partial charge >= 0.3 is 0 Å². The Bertz CT molecular complexity index is 478. The second-order valence-electron chi connectivity index (χ2n) is 5.33. The molecule has 0 atom stereocenters. The first-order valence-electron chi connectivity index (χ1n) is 7.16. The van der Waals surface area contributed by atoms with Gasteiger partial charge in [-0.05, 0) is 25.0 Å². The van der Waals surface area contributed by atoms with E-state index in [1.165, 1.54) is 0 Å². The lowest BCUT2D eigenvalue weighted by Gasteiger charge is -2.27. The number of ether oxygens (including phenoxy) is 2. The third kappa shape index (κ3) is 4.24. The molecule has 0 heterocycles. The molecule has 0 radical (unpaired) electrons. The van der Waals surface area contributed by atoms with Crippen molar-refractivity contribution in [2.45, 2.75) is 31.6 Å². The van der Waals surface area contributed by atoms with E-state index in [1.807, 2.05) is 0 Å². The minimum atomic E-state index is -2.62. The summed E-state index contributed by atoms with van der Waals surface area (Å²) in [7, 11) is 1.57. The standard InChI is InChI=1S/C16H20F2O3/c1-20-10-11-21-14-5-3-2-4-13(14)15(19)12-6-8-16(17,18)9-7-12/h2-5,12H,6-11H2,1H3. The van der Waals surface area contributed by atoms with Crippen molar-refractivity contribution in [3.8, 4) is 5.75 Å². The predicted molar refractivity (Wildman–Crippen MR) is 75.0 cm³/mol. The van der Waals surface area contributed by atoms with Gasteiger partial charge in [0.15, 0.2) is 5.78 Å². The van der Waals surface area contributed by atoms with Crippen LogP contribution in [0.1, 0.15) is 36.0 Å². The summed E-state index contributed by atoms with van der Waals surface area (Å²) in [5.74, 6) is -2.56. The van der Waals surface area contributed by atoms with Crippen LogP contribution in [0.25, 0.3) is 0 Å². The summed E-state index contributed by atoms with van der Waals surface area (Å²) >= 11 is 0. The first-order valence-corrected chi connectivity index (χ1v) is 7.16. The van der Waals surface area contributed by atoms with Gasteiger partial charge in [-0.2, -0.15) is 0 Å². The van der Waals surface area contributed by atoms with Crippen LogP contribution < -0.4 is 4.74 Å². The first kappa shape index (κ1) is 15.9.